The van der Waals surface area contributed by atoms with Gasteiger partial charge in [0.25, 0.3) is 10.0 Å². The Labute approximate surface area is 134 Å². The number of anilines is 1. The minimum Gasteiger partial charge on any atom is -0.478 e. The van der Waals surface area contributed by atoms with Crippen molar-refractivity contribution in [2.75, 3.05) is 4.72 Å². The molecule has 21 heavy (non-hydrogen) atoms. The predicted molar refractivity (Wildman–Crippen MR) is 83.4 cm³/mol. The van der Waals surface area contributed by atoms with Crippen LogP contribution in [-0.2, 0) is 10.0 Å². The molecule has 2 aromatic carbocycles. The molecular weight excluding hydrogens is 382 g/mol. The van der Waals surface area contributed by atoms with Gasteiger partial charge < -0.3 is 5.11 Å². The van der Waals surface area contributed by atoms with Crippen LogP contribution >= 0.6 is 27.5 Å². The first-order valence-electron chi connectivity index (χ1n) is 5.61. The lowest BCUT2D eigenvalue weighted by Gasteiger charge is -2.10. The summed E-state index contributed by atoms with van der Waals surface area (Å²) < 4.78 is 27.4. The van der Waals surface area contributed by atoms with Gasteiger partial charge in [-0.2, -0.15) is 0 Å². The van der Waals surface area contributed by atoms with E-state index in [1.807, 2.05) is 0 Å². The van der Waals surface area contributed by atoms with Crippen molar-refractivity contribution in [3.05, 3.63) is 57.5 Å². The molecule has 0 aromatic heterocycles. The third-order valence-electron chi connectivity index (χ3n) is 2.56. The minimum absolute atomic E-state index is 0.0107. The van der Waals surface area contributed by atoms with Gasteiger partial charge in [0.1, 0.15) is 0 Å². The van der Waals surface area contributed by atoms with E-state index >= 15 is 0 Å². The summed E-state index contributed by atoms with van der Waals surface area (Å²) in [6, 6.07) is 9.90. The van der Waals surface area contributed by atoms with Gasteiger partial charge in [0, 0.05) is 4.47 Å². The maximum Gasteiger partial charge on any atom is 0.335 e. The van der Waals surface area contributed by atoms with Crippen molar-refractivity contribution in [3.8, 4) is 0 Å². The van der Waals surface area contributed by atoms with Crippen LogP contribution in [0.2, 0.25) is 5.02 Å². The molecule has 0 aliphatic carbocycles. The highest BCUT2D eigenvalue weighted by Crippen LogP contribution is 2.26. The van der Waals surface area contributed by atoms with E-state index in [1.165, 1.54) is 30.3 Å². The Morgan fingerprint density at radius 2 is 1.90 bits per heavy atom. The SMILES string of the molecule is O=C(O)c1ccc(Cl)c(NS(=O)(=O)c2cccc(Br)c2)c1. The van der Waals surface area contributed by atoms with E-state index in [4.69, 9.17) is 16.7 Å². The number of aromatic carboxylic acids is 1. The van der Waals surface area contributed by atoms with Gasteiger partial charge in [0.2, 0.25) is 0 Å². The van der Waals surface area contributed by atoms with Crippen molar-refractivity contribution in [1.29, 1.82) is 0 Å². The van der Waals surface area contributed by atoms with Crippen molar-refractivity contribution in [1.82, 2.24) is 0 Å². The fourth-order valence-electron chi connectivity index (χ4n) is 1.57. The lowest BCUT2D eigenvalue weighted by molar-refractivity contribution is 0.0697. The Balaban J connectivity index is 2.41. The lowest BCUT2D eigenvalue weighted by atomic mass is 10.2. The van der Waals surface area contributed by atoms with Crippen molar-refractivity contribution in [2.24, 2.45) is 0 Å². The second-order valence-corrected chi connectivity index (χ2v) is 7.07. The Bertz CT molecular complexity index is 808. The van der Waals surface area contributed by atoms with Gasteiger partial charge in [-0.1, -0.05) is 33.6 Å². The summed E-state index contributed by atoms with van der Waals surface area (Å²) in [6.45, 7) is 0. The Morgan fingerprint density at radius 1 is 1.19 bits per heavy atom. The average molecular weight is 391 g/mol. The van der Waals surface area contributed by atoms with E-state index in [1.54, 1.807) is 12.1 Å². The molecule has 2 rings (SSSR count). The maximum atomic E-state index is 12.2. The summed E-state index contributed by atoms with van der Waals surface area (Å²) in [5.41, 5.74) is -0.0529. The molecule has 2 N–H and O–H groups in total. The number of sulfonamides is 1. The smallest absolute Gasteiger partial charge is 0.335 e. The molecule has 8 heteroatoms. The molecule has 0 unspecified atom stereocenters. The van der Waals surface area contributed by atoms with Crippen LogP contribution in [0.3, 0.4) is 0 Å². The number of carbonyl (C=O) groups is 1. The van der Waals surface area contributed by atoms with Gasteiger partial charge >= 0.3 is 5.97 Å². The van der Waals surface area contributed by atoms with E-state index in [-0.39, 0.29) is 21.2 Å². The van der Waals surface area contributed by atoms with E-state index in [2.05, 4.69) is 20.7 Å². The average Bonchev–Trinajstić information content (AvgIpc) is 2.41. The molecule has 0 spiro atoms. The highest BCUT2D eigenvalue weighted by Gasteiger charge is 2.17. The first-order valence-corrected chi connectivity index (χ1v) is 8.26. The zero-order valence-corrected chi connectivity index (χ0v) is 13.5. The fraction of sp³-hybridized carbons (Fsp3) is 0. The molecule has 0 aliphatic rings. The van der Waals surface area contributed by atoms with Crippen molar-refractivity contribution in [2.45, 2.75) is 4.90 Å². The predicted octanol–water partition coefficient (Wildman–Crippen LogP) is 3.60. The summed E-state index contributed by atoms with van der Waals surface area (Å²) in [7, 11) is -3.86. The number of carboxylic acids is 1. The zero-order chi connectivity index (χ0) is 15.6. The number of rotatable bonds is 4. The molecule has 110 valence electrons. The summed E-state index contributed by atoms with van der Waals surface area (Å²) in [6.07, 6.45) is 0. The van der Waals surface area contributed by atoms with Crippen LogP contribution in [0, 0.1) is 0 Å². The normalized spacial score (nSPS) is 11.1. The van der Waals surface area contributed by atoms with Crippen LogP contribution in [0.4, 0.5) is 5.69 Å². The van der Waals surface area contributed by atoms with E-state index in [0.29, 0.717) is 4.47 Å². The quantitative estimate of drug-likeness (QED) is 0.835. The van der Waals surface area contributed by atoms with E-state index in [0.717, 1.165) is 0 Å². The Hall–Kier alpha value is -1.57. The standard InChI is InChI=1S/C13H9BrClNO4S/c14-9-2-1-3-10(7-9)21(19,20)16-12-6-8(13(17)18)4-5-11(12)15/h1-7,16H,(H,17,18). The highest BCUT2D eigenvalue weighted by atomic mass is 79.9. The minimum atomic E-state index is -3.86. The van der Waals surface area contributed by atoms with Crippen molar-refractivity contribution < 1.29 is 18.3 Å². The van der Waals surface area contributed by atoms with Crippen LogP contribution in [-0.4, -0.2) is 19.5 Å². The van der Waals surface area contributed by atoms with Crippen LogP contribution in [0.5, 0.6) is 0 Å². The molecule has 0 heterocycles. The lowest BCUT2D eigenvalue weighted by Crippen LogP contribution is -2.13. The third kappa shape index (κ3) is 3.75. The molecule has 0 amide bonds. The molecule has 0 aliphatic heterocycles. The first-order chi connectivity index (χ1) is 9.79. The monoisotopic (exact) mass is 389 g/mol. The second kappa shape index (κ2) is 6.05. The van der Waals surface area contributed by atoms with Gasteiger partial charge in [-0.3, -0.25) is 4.72 Å². The van der Waals surface area contributed by atoms with Gasteiger partial charge in [0.05, 0.1) is 21.2 Å². The molecule has 0 radical (unpaired) electrons. The summed E-state index contributed by atoms with van der Waals surface area (Å²) in [4.78, 5) is 11.0. The number of nitrogens with one attached hydrogen (secondary N) is 1. The molecule has 2 aromatic rings. The molecular formula is C13H9BrClNO4S. The van der Waals surface area contributed by atoms with Crippen molar-refractivity contribution in [3.63, 3.8) is 0 Å². The van der Waals surface area contributed by atoms with Crippen molar-refractivity contribution >= 4 is 49.2 Å². The number of carboxylic acid groups (broad SMARTS) is 1. The fourth-order valence-corrected chi connectivity index (χ4v) is 3.46. The number of benzene rings is 2. The topological polar surface area (TPSA) is 83.5 Å². The van der Waals surface area contributed by atoms with Gasteiger partial charge in [0.15, 0.2) is 0 Å². The summed E-state index contributed by atoms with van der Waals surface area (Å²) in [5, 5.41) is 9.04. The van der Waals surface area contributed by atoms with Gasteiger partial charge in [-0.15, -0.1) is 0 Å². The molecule has 0 atom stereocenters. The largest absolute Gasteiger partial charge is 0.478 e. The number of halogens is 2. The number of hydrogen-bond donors (Lipinski definition) is 2. The zero-order valence-electron chi connectivity index (χ0n) is 10.4. The van der Waals surface area contributed by atoms with Gasteiger partial charge in [-0.25, -0.2) is 13.2 Å². The Morgan fingerprint density at radius 3 is 2.52 bits per heavy atom. The van der Waals surface area contributed by atoms with Crippen LogP contribution in [0.15, 0.2) is 51.8 Å². The summed E-state index contributed by atoms with van der Waals surface area (Å²) >= 11 is 9.09. The Kier molecular flexibility index (Phi) is 4.55. The molecule has 0 bridgehead atoms. The molecule has 5 nitrogen and oxygen atoms in total. The molecule has 0 fully saturated rings. The van der Waals surface area contributed by atoms with Crippen LogP contribution in [0.1, 0.15) is 10.4 Å². The molecule has 0 saturated carbocycles. The third-order valence-corrected chi connectivity index (χ3v) is 4.75. The van der Waals surface area contributed by atoms with E-state index < -0.39 is 16.0 Å². The van der Waals surface area contributed by atoms with Crippen LogP contribution in [0.25, 0.3) is 0 Å². The number of hydrogen-bond acceptors (Lipinski definition) is 3. The van der Waals surface area contributed by atoms with Gasteiger partial charge in [-0.05, 0) is 36.4 Å². The second-order valence-electron chi connectivity index (χ2n) is 4.06. The van der Waals surface area contributed by atoms with Crippen LogP contribution < -0.4 is 4.72 Å². The summed E-state index contributed by atoms with van der Waals surface area (Å²) in [5.74, 6) is -1.17. The molecule has 0 saturated heterocycles. The first kappa shape index (κ1) is 15.8. The van der Waals surface area contributed by atoms with E-state index in [9.17, 15) is 13.2 Å². The maximum absolute atomic E-state index is 12.2. The highest BCUT2D eigenvalue weighted by molar-refractivity contribution is 9.10.